The number of hydrogen-bond donors (Lipinski definition) is 0. The minimum atomic E-state index is -1.39. The predicted molar refractivity (Wildman–Crippen MR) is 51.6 cm³/mol. The molecule has 0 fully saturated rings. The molecule has 0 atom stereocenters. The molecule has 0 bridgehead atoms. The summed E-state index contributed by atoms with van der Waals surface area (Å²) >= 11 is 0.838. The summed E-state index contributed by atoms with van der Waals surface area (Å²) in [6.45, 7) is 5.16. The second-order valence-corrected chi connectivity index (χ2v) is 4.69. The van der Waals surface area contributed by atoms with Gasteiger partial charge in [0.15, 0.2) is 5.69 Å². The fraction of sp³-hybridized carbons (Fsp3) is 0.444. The minimum Gasteiger partial charge on any atom is -0.542 e. The van der Waals surface area contributed by atoms with Gasteiger partial charge in [0, 0.05) is 5.38 Å². The molecule has 0 N–H and O–H groups in total. The first kappa shape index (κ1) is 15.6. The summed E-state index contributed by atoms with van der Waals surface area (Å²) in [6, 6.07) is 0. The Morgan fingerprint density at radius 3 is 2.38 bits per heavy atom. The van der Waals surface area contributed by atoms with Crippen LogP contribution in [0.5, 0.6) is 0 Å². The molecule has 0 saturated heterocycles. The van der Waals surface area contributed by atoms with Crippen molar-refractivity contribution in [1.29, 1.82) is 0 Å². The van der Waals surface area contributed by atoms with Crippen LogP contribution in [0.25, 0.3) is 0 Å². The van der Waals surface area contributed by atoms with E-state index in [1.165, 1.54) is 5.38 Å². The second-order valence-electron chi connectivity index (χ2n) is 3.83. The summed E-state index contributed by atoms with van der Waals surface area (Å²) in [5.41, 5.74) is -0.628. The average Bonchev–Trinajstić information content (AvgIpc) is 2.47. The van der Waals surface area contributed by atoms with Gasteiger partial charge in [-0.1, -0.05) is 0 Å². The minimum absolute atomic E-state index is 0. The Morgan fingerprint density at radius 2 is 2.00 bits per heavy atom. The summed E-state index contributed by atoms with van der Waals surface area (Å²) < 4.78 is 5.01. The third kappa shape index (κ3) is 4.61. The Bertz CT molecular complexity index is 396. The van der Waals surface area contributed by atoms with Crippen molar-refractivity contribution >= 4 is 23.3 Å². The van der Waals surface area contributed by atoms with Gasteiger partial charge in [-0.05, 0) is 20.8 Å². The Kier molecular flexibility index (Phi) is 5.61. The van der Waals surface area contributed by atoms with Gasteiger partial charge in [-0.3, -0.25) is 0 Å². The first-order valence-electron chi connectivity index (χ1n) is 4.20. The number of carbonyl (C=O) groups excluding carboxylic acids is 2. The number of aromatic carboxylic acids is 1. The van der Waals surface area contributed by atoms with Crippen LogP contribution in [-0.4, -0.2) is 22.5 Å². The van der Waals surface area contributed by atoms with Crippen molar-refractivity contribution in [1.82, 2.24) is 4.98 Å². The van der Waals surface area contributed by atoms with Gasteiger partial charge in [-0.2, -0.15) is 0 Å². The molecule has 0 unspecified atom stereocenters. The van der Waals surface area contributed by atoms with Crippen LogP contribution in [0.4, 0.5) is 0 Å². The van der Waals surface area contributed by atoms with Crippen LogP contribution >= 0.6 is 11.3 Å². The number of rotatable bonds is 2. The number of ether oxygens (including phenoxy) is 1. The zero-order valence-corrected chi connectivity index (χ0v) is 12.4. The Morgan fingerprint density at radius 1 is 1.44 bits per heavy atom. The van der Waals surface area contributed by atoms with Crippen LogP contribution in [-0.2, 0) is 4.74 Å². The first-order chi connectivity index (χ1) is 6.79. The first-order valence-corrected chi connectivity index (χ1v) is 5.08. The van der Waals surface area contributed by atoms with E-state index in [0.29, 0.717) is 0 Å². The van der Waals surface area contributed by atoms with E-state index in [1.54, 1.807) is 20.8 Å². The van der Waals surface area contributed by atoms with Gasteiger partial charge in [0.25, 0.3) is 0 Å². The molecule has 5 nitrogen and oxygen atoms in total. The van der Waals surface area contributed by atoms with E-state index in [0.717, 1.165) is 11.3 Å². The molecule has 0 aromatic carbocycles. The molecule has 1 rings (SSSR count). The van der Waals surface area contributed by atoms with Gasteiger partial charge in [0.05, 0.1) is 0 Å². The molecule has 1 aromatic rings. The second kappa shape index (κ2) is 5.77. The van der Waals surface area contributed by atoms with E-state index in [-0.39, 0.29) is 40.3 Å². The zero-order chi connectivity index (χ0) is 11.6. The number of thiazole rings is 1. The monoisotopic (exact) mass is 251 g/mol. The molecule has 0 saturated carbocycles. The normalized spacial score (nSPS) is 10.4. The quantitative estimate of drug-likeness (QED) is 0.427. The van der Waals surface area contributed by atoms with Gasteiger partial charge in [-0.25, -0.2) is 9.78 Å². The van der Waals surface area contributed by atoms with Gasteiger partial charge in [0.2, 0.25) is 0 Å². The predicted octanol–water partition coefficient (Wildman–Crippen LogP) is -2.53. The Hall–Kier alpha value is -0.430. The number of carbonyl (C=O) groups is 2. The molecule has 0 aliphatic carbocycles. The summed E-state index contributed by atoms with van der Waals surface area (Å²) in [6.07, 6.45) is 0. The number of carboxylic acid groups (broad SMARTS) is 1. The Balaban J connectivity index is 0.00000225. The molecule has 0 aliphatic rings. The SMILES string of the molecule is CC(C)(C)OC(=O)c1csc(C(=O)[O-])n1.[Na+]. The van der Waals surface area contributed by atoms with Crippen LogP contribution in [0.2, 0.25) is 0 Å². The average molecular weight is 251 g/mol. The smallest absolute Gasteiger partial charge is 0.542 e. The van der Waals surface area contributed by atoms with Gasteiger partial charge < -0.3 is 14.6 Å². The van der Waals surface area contributed by atoms with Crippen molar-refractivity contribution in [3.8, 4) is 0 Å². The molecule has 1 heterocycles. The van der Waals surface area contributed by atoms with Gasteiger partial charge >= 0.3 is 35.5 Å². The summed E-state index contributed by atoms with van der Waals surface area (Å²) in [5.74, 6) is -2.03. The van der Waals surface area contributed by atoms with Crippen LogP contribution in [0.3, 0.4) is 0 Å². The maximum Gasteiger partial charge on any atom is 1.00 e. The molecular weight excluding hydrogens is 241 g/mol. The van der Waals surface area contributed by atoms with E-state index >= 15 is 0 Å². The number of esters is 1. The molecule has 0 radical (unpaired) electrons. The number of carboxylic acids is 1. The van der Waals surface area contributed by atoms with Gasteiger partial charge in [-0.15, -0.1) is 11.3 Å². The van der Waals surface area contributed by atoms with Crippen LogP contribution in [0.15, 0.2) is 5.38 Å². The van der Waals surface area contributed by atoms with E-state index in [1.807, 2.05) is 0 Å². The molecule has 82 valence electrons. The van der Waals surface area contributed by atoms with Crippen molar-refractivity contribution in [2.75, 3.05) is 0 Å². The van der Waals surface area contributed by atoms with Crippen molar-refractivity contribution in [2.24, 2.45) is 0 Å². The van der Waals surface area contributed by atoms with E-state index in [2.05, 4.69) is 4.98 Å². The third-order valence-corrected chi connectivity index (χ3v) is 2.11. The van der Waals surface area contributed by atoms with Crippen molar-refractivity contribution in [3.63, 3.8) is 0 Å². The fourth-order valence-corrected chi connectivity index (χ4v) is 1.41. The summed E-state index contributed by atoms with van der Waals surface area (Å²) in [5, 5.41) is 11.5. The van der Waals surface area contributed by atoms with Gasteiger partial charge in [0.1, 0.15) is 16.6 Å². The molecule has 1 aromatic heterocycles. The fourth-order valence-electron chi connectivity index (χ4n) is 0.792. The van der Waals surface area contributed by atoms with E-state index in [9.17, 15) is 14.7 Å². The molecule has 0 amide bonds. The molecular formula is C9H10NNaO4S. The van der Waals surface area contributed by atoms with Crippen LogP contribution in [0.1, 0.15) is 41.1 Å². The summed E-state index contributed by atoms with van der Waals surface area (Å²) in [4.78, 5) is 25.4. The van der Waals surface area contributed by atoms with Crippen molar-refractivity contribution in [2.45, 2.75) is 26.4 Å². The van der Waals surface area contributed by atoms with Crippen molar-refractivity contribution < 1.29 is 49.0 Å². The molecule has 0 aliphatic heterocycles. The molecule has 7 heteroatoms. The Labute approximate surface area is 119 Å². The number of nitrogens with zero attached hydrogens (tertiary/aromatic N) is 1. The summed E-state index contributed by atoms with van der Waals surface area (Å²) in [7, 11) is 0. The van der Waals surface area contributed by atoms with E-state index < -0.39 is 17.5 Å². The maximum atomic E-state index is 11.4. The number of aromatic nitrogens is 1. The molecule has 0 spiro atoms. The standard InChI is InChI=1S/C9H11NO4S.Na/c1-9(2,3)14-8(13)5-4-15-6(10-5)7(11)12;/h4H,1-3H3,(H,11,12);/q;+1/p-1. The molecule has 16 heavy (non-hydrogen) atoms. The topological polar surface area (TPSA) is 79.3 Å². The number of hydrogen-bond acceptors (Lipinski definition) is 6. The third-order valence-electron chi connectivity index (χ3n) is 1.29. The largest absolute Gasteiger partial charge is 1.00 e. The van der Waals surface area contributed by atoms with Crippen LogP contribution in [0, 0.1) is 0 Å². The zero-order valence-electron chi connectivity index (χ0n) is 9.57. The van der Waals surface area contributed by atoms with Crippen LogP contribution < -0.4 is 34.7 Å². The van der Waals surface area contributed by atoms with E-state index in [4.69, 9.17) is 4.74 Å². The maximum absolute atomic E-state index is 11.4. The van der Waals surface area contributed by atoms with Crippen molar-refractivity contribution in [3.05, 3.63) is 16.1 Å².